The molecule has 1 aromatic rings. The van der Waals surface area contributed by atoms with Crippen LogP contribution in [0.25, 0.3) is 0 Å². The lowest BCUT2D eigenvalue weighted by Gasteiger charge is -2.14. The third-order valence-electron chi connectivity index (χ3n) is 2.12. The fourth-order valence-corrected chi connectivity index (χ4v) is 1.25. The van der Waals surface area contributed by atoms with Crippen molar-refractivity contribution in [1.29, 1.82) is 0 Å². The minimum atomic E-state index is -0.211. The Kier molecular flexibility index (Phi) is 3.98. The molecule has 78 valence electrons. The van der Waals surface area contributed by atoms with Gasteiger partial charge in [0.1, 0.15) is 0 Å². The molecule has 1 rings (SSSR count). The molecule has 1 aromatic heterocycles. The van der Waals surface area contributed by atoms with Gasteiger partial charge in [0.15, 0.2) is 6.29 Å². The number of ether oxygens (including phenoxy) is 2. The number of nitrogens with zero attached hydrogens (tertiary/aromatic N) is 2. The van der Waals surface area contributed by atoms with Gasteiger partial charge in [-0.2, -0.15) is 10.2 Å². The molecule has 0 bridgehead atoms. The largest absolute Gasteiger partial charge is 0.356 e. The predicted molar refractivity (Wildman–Crippen MR) is 53.0 cm³/mol. The van der Waals surface area contributed by atoms with Crippen LogP contribution in [0.5, 0.6) is 0 Å². The molecule has 0 aliphatic heterocycles. The highest BCUT2D eigenvalue weighted by atomic mass is 16.7. The topological polar surface area (TPSA) is 44.2 Å². The van der Waals surface area contributed by atoms with Crippen LogP contribution in [0, 0.1) is 13.8 Å². The van der Waals surface area contributed by atoms with Crippen LogP contribution in [0.2, 0.25) is 0 Å². The van der Waals surface area contributed by atoms with E-state index in [4.69, 9.17) is 9.47 Å². The van der Waals surface area contributed by atoms with E-state index < -0.39 is 0 Å². The monoisotopic (exact) mass is 196 g/mol. The van der Waals surface area contributed by atoms with Crippen molar-refractivity contribution in [3.05, 3.63) is 23.0 Å². The van der Waals surface area contributed by atoms with Crippen molar-refractivity contribution >= 4 is 0 Å². The van der Waals surface area contributed by atoms with E-state index in [1.165, 1.54) is 0 Å². The van der Waals surface area contributed by atoms with Crippen molar-refractivity contribution in [2.75, 3.05) is 14.2 Å². The van der Waals surface area contributed by atoms with Crippen LogP contribution in [0.15, 0.2) is 6.07 Å². The molecule has 0 spiro atoms. The van der Waals surface area contributed by atoms with Crippen LogP contribution in [0.1, 0.15) is 17.0 Å². The summed E-state index contributed by atoms with van der Waals surface area (Å²) in [6, 6.07) is 2.01. The van der Waals surface area contributed by atoms with Gasteiger partial charge in [-0.05, 0) is 25.5 Å². The number of methoxy groups -OCH3 is 2. The lowest BCUT2D eigenvalue weighted by molar-refractivity contribution is -0.100. The first-order valence-electron chi connectivity index (χ1n) is 4.52. The van der Waals surface area contributed by atoms with Crippen molar-refractivity contribution < 1.29 is 9.47 Å². The normalized spacial score (nSPS) is 10.9. The van der Waals surface area contributed by atoms with Gasteiger partial charge in [-0.3, -0.25) is 0 Å². The number of hydrogen-bond acceptors (Lipinski definition) is 4. The number of aryl methyl sites for hydroxylation is 2. The smallest absolute Gasteiger partial charge is 0.160 e. The third kappa shape index (κ3) is 2.75. The Morgan fingerprint density at radius 1 is 1.21 bits per heavy atom. The molecular formula is C10H16N2O2. The van der Waals surface area contributed by atoms with Crippen molar-refractivity contribution in [3.63, 3.8) is 0 Å². The summed E-state index contributed by atoms with van der Waals surface area (Å²) in [6.07, 6.45) is 0.493. The minimum absolute atomic E-state index is 0.211. The Labute approximate surface area is 84.3 Å². The van der Waals surface area contributed by atoms with Gasteiger partial charge in [-0.15, -0.1) is 0 Å². The molecule has 0 saturated carbocycles. The summed E-state index contributed by atoms with van der Waals surface area (Å²) in [5, 5.41) is 8.01. The highest BCUT2D eigenvalue weighted by Gasteiger charge is 2.09. The molecule has 0 aliphatic carbocycles. The number of aromatic nitrogens is 2. The summed E-state index contributed by atoms with van der Waals surface area (Å²) in [5.41, 5.74) is 2.96. The summed E-state index contributed by atoms with van der Waals surface area (Å²) in [4.78, 5) is 0. The molecule has 4 nitrogen and oxygen atoms in total. The molecule has 0 saturated heterocycles. The quantitative estimate of drug-likeness (QED) is 0.680. The van der Waals surface area contributed by atoms with Crippen LogP contribution < -0.4 is 0 Å². The van der Waals surface area contributed by atoms with Gasteiger partial charge in [-0.25, -0.2) is 0 Å². The van der Waals surface area contributed by atoms with Crippen molar-refractivity contribution in [1.82, 2.24) is 10.2 Å². The molecule has 0 amide bonds. The van der Waals surface area contributed by atoms with Crippen LogP contribution in [0.3, 0.4) is 0 Å². The van der Waals surface area contributed by atoms with Crippen LogP contribution >= 0.6 is 0 Å². The first-order chi connectivity index (χ1) is 6.67. The zero-order chi connectivity index (χ0) is 10.6. The van der Waals surface area contributed by atoms with Crippen LogP contribution in [-0.4, -0.2) is 30.7 Å². The van der Waals surface area contributed by atoms with E-state index in [1.54, 1.807) is 14.2 Å². The summed E-state index contributed by atoms with van der Waals surface area (Å²) in [5.74, 6) is 0. The second-order valence-corrected chi connectivity index (χ2v) is 3.20. The van der Waals surface area contributed by atoms with Crippen molar-refractivity contribution in [2.45, 2.75) is 26.6 Å². The SMILES string of the molecule is COC(Cc1cc(C)nnc1C)OC. The van der Waals surface area contributed by atoms with E-state index in [-0.39, 0.29) is 6.29 Å². The molecule has 0 atom stereocenters. The standard InChI is InChI=1S/C10H16N2O2/c1-7-5-9(8(2)12-11-7)6-10(13-3)14-4/h5,10H,6H2,1-4H3. The fourth-order valence-electron chi connectivity index (χ4n) is 1.25. The van der Waals surface area contributed by atoms with Gasteiger partial charge in [0, 0.05) is 20.6 Å². The van der Waals surface area contributed by atoms with Gasteiger partial charge < -0.3 is 9.47 Å². The Morgan fingerprint density at radius 3 is 2.43 bits per heavy atom. The average Bonchev–Trinajstić information content (AvgIpc) is 2.19. The minimum Gasteiger partial charge on any atom is -0.356 e. The number of rotatable bonds is 4. The van der Waals surface area contributed by atoms with Gasteiger partial charge in [0.05, 0.1) is 11.4 Å². The summed E-state index contributed by atoms with van der Waals surface area (Å²) >= 11 is 0. The van der Waals surface area contributed by atoms with Gasteiger partial charge >= 0.3 is 0 Å². The maximum absolute atomic E-state index is 5.13. The third-order valence-corrected chi connectivity index (χ3v) is 2.12. The van der Waals surface area contributed by atoms with E-state index in [1.807, 2.05) is 19.9 Å². The van der Waals surface area contributed by atoms with Crippen molar-refractivity contribution in [3.8, 4) is 0 Å². The molecular weight excluding hydrogens is 180 g/mol. The zero-order valence-electron chi connectivity index (χ0n) is 9.07. The second-order valence-electron chi connectivity index (χ2n) is 3.20. The first kappa shape index (κ1) is 11.1. The summed E-state index contributed by atoms with van der Waals surface area (Å²) in [7, 11) is 3.26. The summed E-state index contributed by atoms with van der Waals surface area (Å²) in [6.45, 7) is 3.86. The molecule has 0 radical (unpaired) electrons. The zero-order valence-corrected chi connectivity index (χ0v) is 9.07. The van der Waals surface area contributed by atoms with Crippen molar-refractivity contribution in [2.24, 2.45) is 0 Å². The van der Waals surface area contributed by atoms with E-state index in [0.29, 0.717) is 6.42 Å². The lowest BCUT2D eigenvalue weighted by Crippen LogP contribution is -2.17. The molecule has 0 N–H and O–H groups in total. The summed E-state index contributed by atoms with van der Waals surface area (Å²) < 4.78 is 10.3. The van der Waals surface area contributed by atoms with Gasteiger partial charge in [0.25, 0.3) is 0 Å². The molecule has 0 aromatic carbocycles. The van der Waals surface area contributed by atoms with Crippen LogP contribution in [-0.2, 0) is 15.9 Å². The Balaban J connectivity index is 2.79. The average molecular weight is 196 g/mol. The fraction of sp³-hybridized carbons (Fsp3) is 0.600. The Hall–Kier alpha value is -1.00. The predicted octanol–water partition coefficient (Wildman–Crippen LogP) is 1.25. The highest BCUT2D eigenvalue weighted by Crippen LogP contribution is 2.10. The first-order valence-corrected chi connectivity index (χ1v) is 4.52. The lowest BCUT2D eigenvalue weighted by atomic mass is 10.1. The van der Waals surface area contributed by atoms with E-state index in [2.05, 4.69) is 10.2 Å². The van der Waals surface area contributed by atoms with E-state index in [0.717, 1.165) is 17.0 Å². The molecule has 0 fully saturated rings. The van der Waals surface area contributed by atoms with Crippen LogP contribution in [0.4, 0.5) is 0 Å². The van der Waals surface area contributed by atoms with E-state index >= 15 is 0 Å². The van der Waals surface area contributed by atoms with Gasteiger partial charge in [0.2, 0.25) is 0 Å². The molecule has 0 aliphatic rings. The maximum Gasteiger partial charge on any atom is 0.160 e. The van der Waals surface area contributed by atoms with Gasteiger partial charge in [-0.1, -0.05) is 0 Å². The highest BCUT2D eigenvalue weighted by molar-refractivity contribution is 5.20. The Morgan fingerprint density at radius 2 is 1.86 bits per heavy atom. The Bertz CT molecular complexity index is 298. The number of hydrogen-bond donors (Lipinski definition) is 0. The molecule has 1 heterocycles. The molecule has 14 heavy (non-hydrogen) atoms. The second kappa shape index (κ2) is 5.02. The van der Waals surface area contributed by atoms with E-state index in [9.17, 15) is 0 Å². The molecule has 4 heteroatoms. The maximum atomic E-state index is 5.13. The molecule has 0 unspecified atom stereocenters.